The summed E-state index contributed by atoms with van der Waals surface area (Å²) in [4.78, 5) is 0.822. The fourth-order valence-corrected chi connectivity index (χ4v) is 2.90. The van der Waals surface area contributed by atoms with Crippen LogP contribution in [0.5, 0.6) is 0 Å². The fourth-order valence-electron chi connectivity index (χ4n) is 1.83. The van der Waals surface area contributed by atoms with E-state index in [2.05, 4.69) is 0 Å². The number of hydrogen-bond donors (Lipinski definition) is 1. The van der Waals surface area contributed by atoms with Gasteiger partial charge in [0.15, 0.2) is 0 Å². The zero-order chi connectivity index (χ0) is 13.0. The Morgan fingerprint density at radius 1 is 1.22 bits per heavy atom. The zero-order valence-corrected chi connectivity index (χ0v) is 11.6. The summed E-state index contributed by atoms with van der Waals surface area (Å²) in [6, 6.07) is 13.4. The number of aliphatic hydroxyl groups excluding tert-OH is 1. The molecule has 2 nitrogen and oxygen atoms in total. The minimum absolute atomic E-state index is 0.356. The van der Waals surface area contributed by atoms with Crippen molar-refractivity contribution < 1.29 is 9.84 Å². The molecule has 18 heavy (non-hydrogen) atoms. The van der Waals surface area contributed by atoms with E-state index in [1.165, 1.54) is 11.3 Å². The Labute approximate surface area is 116 Å². The first-order valence-corrected chi connectivity index (χ1v) is 7.01. The summed E-state index contributed by atoms with van der Waals surface area (Å²) in [6.45, 7) is 2.47. The minimum Gasteiger partial charge on any atom is -0.384 e. The summed E-state index contributed by atoms with van der Waals surface area (Å²) >= 11 is 7.28. The van der Waals surface area contributed by atoms with Gasteiger partial charge in [0.25, 0.3) is 0 Å². The van der Waals surface area contributed by atoms with Gasteiger partial charge >= 0.3 is 0 Å². The standard InChI is InChI=1S/C14H15ClO2S/c1-2-17-14(10-6-4-3-5-7-10)13(16)11-8-9-12(15)18-11/h3-9,13-14,16H,2H2,1H3. The van der Waals surface area contributed by atoms with E-state index in [1.807, 2.05) is 43.3 Å². The zero-order valence-electron chi connectivity index (χ0n) is 10.0. The third-order valence-electron chi connectivity index (χ3n) is 2.65. The van der Waals surface area contributed by atoms with Crippen LogP contribution in [0.15, 0.2) is 42.5 Å². The Morgan fingerprint density at radius 3 is 2.50 bits per heavy atom. The molecule has 0 saturated carbocycles. The first-order valence-electron chi connectivity index (χ1n) is 5.82. The maximum atomic E-state index is 10.4. The molecule has 0 aliphatic heterocycles. The SMILES string of the molecule is CCOC(c1ccccc1)C(O)c1ccc(Cl)s1. The quantitative estimate of drug-likeness (QED) is 0.890. The monoisotopic (exact) mass is 282 g/mol. The molecule has 0 amide bonds. The van der Waals surface area contributed by atoms with E-state index < -0.39 is 6.10 Å². The van der Waals surface area contributed by atoms with Crippen LogP contribution in [0.2, 0.25) is 4.34 Å². The van der Waals surface area contributed by atoms with Crippen molar-refractivity contribution >= 4 is 22.9 Å². The molecule has 1 N–H and O–H groups in total. The molecule has 2 aromatic rings. The molecule has 0 aliphatic rings. The number of thiophene rings is 1. The summed E-state index contributed by atoms with van der Waals surface area (Å²) in [5, 5.41) is 10.4. The second kappa shape index (κ2) is 6.34. The fraction of sp³-hybridized carbons (Fsp3) is 0.286. The smallest absolute Gasteiger partial charge is 0.118 e. The second-order valence-corrected chi connectivity index (χ2v) is 5.62. The van der Waals surface area contributed by atoms with Crippen LogP contribution in [0.25, 0.3) is 0 Å². The number of rotatable bonds is 5. The topological polar surface area (TPSA) is 29.5 Å². The van der Waals surface area contributed by atoms with Gasteiger partial charge in [0.2, 0.25) is 0 Å². The van der Waals surface area contributed by atoms with Crippen molar-refractivity contribution in [2.75, 3.05) is 6.61 Å². The van der Waals surface area contributed by atoms with Crippen LogP contribution in [0.3, 0.4) is 0 Å². The van der Waals surface area contributed by atoms with Crippen LogP contribution in [-0.2, 0) is 4.74 Å². The lowest BCUT2D eigenvalue weighted by Crippen LogP contribution is -2.13. The summed E-state index contributed by atoms with van der Waals surface area (Å²) in [5.41, 5.74) is 0.969. The van der Waals surface area contributed by atoms with Gasteiger partial charge in [0.05, 0.1) is 4.34 Å². The molecule has 2 atom stereocenters. The van der Waals surface area contributed by atoms with Gasteiger partial charge in [-0.15, -0.1) is 11.3 Å². The lowest BCUT2D eigenvalue weighted by atomic mass is 10.0. The van der Waals surface area contributed by atoms with Crippen LogP contribution in [-0.4, -0.2) is 11.7 Å². The van der Waals surface area contributed by atoms with E-state index >= 15 is 0 Å². The van der Waals surface area contributed by atoms with Crippen molar-refractivity contribution in [1.29, 1.82) is 0 Å². The summed E-state index contributed by atoms with van der Waals surface area (Å²) in [7, 11) is 0. The van der Waals surface area contributed by atoms with Gasteiger partial charge < -0.3 is 9.84 Å². The van der Waals surface area contributed by atoms with Crippen molar-refractivity contribution in [3.63, 3.8) is 0 Å². The molecule has 96 valence electrons. The van der Waals surface area contributed by atoms with Gasteiger partial charge in [-0.05, 0) is 24.6 Å². The van der Waals surface area contributed by atoms with E-state index in [-0.39, 0.29) is 6.10 Å². The van der Waals surface area contributed by atoms with E-state index in [0.717, 1.165) is 10.4 Å². The van der Waals surface area contributed by atoms with Crippen LogP contribution >= 0.6 is 22.9 Å². The van der Waals surface area contributed by atoms with Gasteiger partial charge in [-0.2, -0.15) is 0 Å². The molecule has 0 bridgehead atoms. The van der Waals surface area contributed by atoms with Crippen molar-refractivity contribution in [2.24, 2.45) is 0 Å². The number of benzene rings is 1. The molecule has 1 heterocycles. The van der Waals surface area contributed by atoms with Crippen molar-refractivity contribution in [3.8, 4) is 0 Å². The highest BCUT2D eigenvalue weighted by atomic mass is 35.5. The number of halogens is 1. The first-order chi connectivity index (χ1) is 8.72. The van der Waals surface area contributed by atoms with Gasteiger partial charge in [0, 0.05) is 11.5 Å². The Balaban J connectivity index is 2.25. The number of ether oxygens (including phenoxy) is 1. The van der Waals surface area contributed by atoms with Crippen LogP contribution in [0.4, 0.5) is 0 Å². The Bertz CT molecular complexity index is 484. The average Bonchev–Trinajstić information content (AvgIpc) is 2.83. The Kier molecular flexibility index (Phi) is 4.78. The molecule has 0 saturated heterocycles. The highest BCUT2D eigenvalue weighted by Gasteiger charge is 2.24. The lowest BCUT2D eigenvalue weighted by Gasteiger charge is -2.22. The first kappa shape index (κ1) is 13.6. The summed E-state index contributed by atoms with van der Waals surface area (Å²) in [5.74, 6) is 0. The lowest BCUT2D eigenvalue weighted by molar-refractivity contribution is -0.0345. The predicted molar refractivity (Wildman–Crippen MR) is 75.1 cm³/mol. The molecule has 4 heteroatoms. The molecular weight excluding hydrogens is 268 g/mol. The molecule has 0 spiro atoms. The normalized spacial score (nSPS) is 14.4. The van der Waals surface area contributed by atoms with Crippen molar-refractivity contribution in [3.05, 3.63) is 57.2 Å². The van der Waals surface area contributed by atoms with E-state index in [0.29, 0.717) is 10.9 Å². The predicted octanol–water partition coefficient (Wildman–Crippen LogP) is 4.21. The maximum absolute atomic E-state index is 10.4. The maximum Gasteiger partial charge on any atom is 0.118 e. The Morgan fingerprint density at radius 2 is 1.94 bits per heavy atom. The number of aliphatic hydroxyl groups is 1. The molecule has 1 aromatic heterocycles. The van der Waals surface area contributed by atoms with Crippen LogP contribution in [0, 0.1) is 0 Å². The largest absolute Gasteiger partial charge is 0.384 e. The summed E-state index contributed by atoms with van der Waals surface area (Å²) in [6.07, 6.45) is -1.05. The third kappa shape index (κ3) is 3.12. The molecular formula is C14H15ClO2S. The molecule has 2 unspecified atom stereocenters. The van der Waals surface area contributed by atoms with E-state index in [4.69, 9.17) is 16.3 Å². The minimum atomic E-state index is -0.690. The molecule has 0 aliphatic carbocycles. The number of hydrogen-bond acceptors (Lipinski definition) is 3. The highest BCUT2D eigenvalue weighted by Crippen LogP contribution is 2.36. The molecule has 0 fully saturated rings. The van der Waals surface area contributed by atoms with E-state index in [9.17, 15) is 5.11 Å². The van der Waals surface area contributed by atoms with Gasteiger partial charge in [-0.25, -0.2) is 0 Å². The summed E-state index contributed by atoms with van der Waals surface area (Å²) < 4.78 is 6.34. The molecule has 2 rings (SSSR count). The van der Waals surface area contributed by atoms with Crippen molar-refractivity contribution in [2.45, 2.75) is 19.1 Å². The third-order valence-corrected chi connectivity index (χ3v) is 3.95. The van der Waals surface area contributed by atoms with Crippen LogP contribution in [0.1, 0.15) is 29.6 Å². The van der Waals surface area contributed by atoms with Gasteiger partial charge in [-0.3, -0.25) is 0 Å². The highest BCUT2D eigenvalue weighted by molar-refractivity contribution is 7.16. The second-order valence-electron chi connectivity index (χ2n) is 3.87. The van der Waals surface area contributed by atoms with Crippen molar-refractivity contribution in [1.82, 2.24) is 0 Å². The van der Waals surface area contributed by atoms with Gasteiger partial charge in [-0.1, -0.05) is 41.9 Å². The average molecular weight is 283 g/mol. The molecule has 1 aromatic carbocycles. The molecule has 0 radical (unpaired) electrons. The van der Waals surface area contributed by atoms with Gasteiger partial charge in [0.1, 0.15) is 12.2 Å². The Hall–Kier alpha value is -0.870. The van der Waals surface area contributed by atoms with Crippen LogP contribution < -0.4 is 0 Å². The van der Waals surface area contributed by atoms with E-state index in [1.54, 1.807) is 6.07 Å².